The van der Waals surface area contributed by atoms with Gasteiger partial charge in [-0.1, -0.05) is 30.3 Å². The van der Waals surface area contributed by atoms with Gasteiger partial charge in [-0.2, -0.15) is 12.6 Å². The lowest BCUT2D eigenvalue weighted by atomic mass is 10.1. The summed E-state index contributed by atoms with van der Waals surface area (Å²) in [4.78, 5) is 17.3. The van der Waals surface area contributed by atoms with Crippen molar-refractivity contribution in [3.63, 3.8) is 0 Å². The molecule has 3 rings (SSSR count). The van der Waals surface area contributed by atoms with Gasteiger partial charge in [0.25, 0.3) is 0 Å². The Balaban J connectivity index is 1.61. The molecule has 21 heavy (non-hydrogen) atoms. The first kappa shape index (κ1) is 14.9. The molecule has 0 spiro atoms. The van der Waals surface area contributed by atoms with Crippen LogP contribution in [0.25, 0.3) is 0 Å². The minimum Gasteiger partial charge on any atom is -0.340 e. The van der Waals surface area contributed by atoms with Crippen molar-refractivity contribution in [3.05, 3.63) is 35.9 Å². The Bertz CT molecular complexity index is 479. The normalized spacial score (nSPS) is 24.4. The second-order valence-corrected chi connectivity index (χ2v) is 6.80. The van der Waals surface area contributed by atoms with E-state index < -0.39 is 0 Å². The number of rotatable bonds is 3. The van der Waals surface area contributed by atoms with Crippen LogP contribution in [-0.4, -0.2) is 53.2 Å². The van der Waals surface area contributed by atoms with Crippen LogP contribution in [0.5, 0.6) is 0 Å². The molecule has 1 aromatic carbocycles. The third-order valence-electron chi connectivity index (χ3n) is 4.67. The minimum absolute atomic E-state index is 0.205. The molecule has 2 fully saturated rings. The van der Waals surface area contributed by atoms with Gasteiger partial charge in [0.15, 0.2) is 0 Å². The van der Waals surface area contributed by atoms with Gasteiger partial charge in [0.2, 0.25) is 5.91 Å². The van der Waals surface area contributed by atoms with Crippen molar-refractivity contribution < 1.29 is 4.79 Å². The lowest BCUT2D eigenvalue weighted by Crippen LogP contribution is -2.43. The number of carbonyl (C=O) groups is 1. The fraction of sp³-hybridized carbons (Fsp3) is 0.588. The van der Waals surface area contributed by atoms with Gasteiger partial charge in [0, 0.05) is 25.7 Å². The molecule has 2 unspecified atom stereocenters. The van der Waals surface area contributed by atoms with Gasteiger partial charge in [0.05, 0.1) is 5.25 Å². The maximum Gasteiger partial charge on any atom is 0.235 e. The zero-order valence-electron chi connectivity index (χ0n) is 12.4. The Kier molecular flexibility index (Phi) is 4.86. The van der Waals surface area contributed by atoms with Crippen molar-refractivity contribution in [2.75, 3.05) is 26.2 Å². The molecule has 2 atom stereocenters. The van der Waals surface area contributed by atoms with Gasteiger partial charge >= 0.3 is 0 Å². The fourth-order valence-electron chi connectivity index (χ4n) is 3.54. The number of hydrogen-bond donors (Lipinski definition) is 1. The number of benzene rings is 1. The minimum atomic E-state index is -0.222. The highest BCUT2D eigenvalue weighted by atomic mass is 32.1. The van der Waals surface area contributed by atoms with Gasteiger partial charge in [-0.05, 0) is 37.8 Å². The van der Waals surface area contributed by atoms with Gasteiger partial charge < -0.3 is 4.90 Å². The molecule has 2 aliphatic heterocycles. The van der Waals surface area contributed by atoms with Crippen LogP contribution in [0.15, 0.2) is 30.3 Å². The van der Waals surface area contributed by atoms with Crippen LogP contribution < -0.4 is 0 Å². The van der Waals surface area contributed by atoms with Crippen molar-refractivity contribution >= 4 is 18.5 Å². The molecule has 0 aliphatic carbocycles. The molecular formula is C17H24N2OS. The summed E-state index contributed by atoms with van der Waals surface area (Å²) >= 11 is 4.57. The number of thiol groups is 1. The van der Waals surface area contributed by atoms with Crippen molar-refractivity contribution in [1.29, 1.82) is 0 Å². The van der Waals surface area contributed by atoms with Gasteiger partial charge in [0.1, 0.15) is 0 Å². The maximum atomic E-state index is 12.7. The second kappa shape index (κ2) is 6.84. The summed E-state index contributed by atoms with van der Waals surface area (Å²) < 4.78 is 0. The lowest BCUT2D eigenvalue weighted by molar-refractivity contribution is -0.130. The predicted octanol–water partition coefficient (Wildman–Crippen LogP) is 2.22. The third kappa shape index (κ3) is 3.61. The van der Waals surface area contributed by atoms with E-state index in [1.165, 1.54) is 24.9 Å². The van der Waals surface area contributed by atoms with Crippen molar-refractivity contribution in [2.24, 2.45) is 0 Å². The Morgan fingerprint density at radius 2 is 1.95 bits per heavy atom. The zero-order chi connectivity index (χ0) is 14.7. The molecule has 1 amide bonds. The summed E-state index contributed by atoms with van der Waals surface area (Å²) in [5.41, 5.74) is 1.18. The second-order valence-electron chi connectivity index (χ2n) is 6.18. The van der Waals surface area contributed by atoms with Gasteiger partial charge in [-0.25, -0.2) is 0 Å². The number of nitrogens with zero attached hydrogens (tertiary/aromatic N) is 2. The third-order valence-corrected chi connectivity index (χ3v) is 5.08. The molecule has 0 radical (unpaired) electrons. The van der Waals surface area contributed by atoms with Crippen molar-refractivity contribution in [1.82, 2.24) is 9.80 Å². The molecule has 114 valence electrons. The summed E-state index contributed by atoms with van der Waals surface area (Å²) in [7, 11) is 0. The monoisotopic (exact) mass is 304 g/mol. The van der Waals surface area contributed by atoms with Crippen molar-refractivity contribution in [3.8, 4) is 0 Å². The van der Waals surface area contributed by atoms with E-state index in [1.54, 1.807) is 0 Å². The summed E-state index contributed by atoms with van der Waals surface area (Å²) in [6, 6.07) is 10.7. The van der Waals surface area contributed by atoms with Crippen LogP contribution in [0.2, 0.25) is 0 Å². The largest absolute Gasteiger partial charge is 0.340 e. The average molecular weight is 304 g/mol. The van der Waals surface area contributed by atoms with E-state index >= 15 is 0 Å². The van der Waals surface area contributed by atoms with E-state index in [0.717, 1.165) is 26.1 Å². The van der Waals surface area contributed by atoms with Crippen LogP contribution in [0, 0.1) is 0 Å². The van der Waals surface area contributed by atoms with E-state index in [2.05, 4.69) is 34.6 Å². The van der Waals surface area contributed by atoms with Gasteiger partial charge in [-0.15, -0.1) is 0 Å². The Morgan fingerprint density at radius 1 is 1.19 bits per heavy atom. The first-order valence-corrected chi connectivity index (χ1v) is 8.50. The first-order valence-electron chi connectivity index (χ1n) is 7.99. The highest BCUT2D eigenvalue weighted by molar-refractivity contribution is 7.81. The highest BCUT2D eigenvalue weighted by Gasteiger charge is 2.32. The summed E-state index contributed by atoms with van der Waals surface area (Å²) in [5.74, 6) is 0.205. The maximum absolute atomic E-state index is 12.7. The molecule has 3 nitrogen and oxygen atoms in total. The van der Waals surface area contributed by atoms with Crippen molar-refractivity contribution in [2.45, 2.75) is 37.0 Å². The Labute approximate surface area is 132 Å². The van der Waals surface area contributed by atoms with E-state index in [1.807, 2.05) is 18.2 Å². The molecule has 4 heteroatoms. The van der Waals surface area contributed by atoms with Gasteiger partial charge in [-0.3, -0.25) is 9.69 Å². The molecule has 2 heterocycles. The standard InChI is InChI=1S/C17H24N2OS/c20-17(16(21)12-14-6-2-1-3-7-14)19-11-5-10-18-9-4-8-15(18)13-19/h1-3,6-7,15-16,21H,4-5,8-13H2. The lowest BCUT2D eigenvalue weighted by Gasteiger charge is -2.27. The van der Waals surface area contributed by atoms with Crippen LogP contribution >= 0.6 is 12.6 Å². The molecule has 1 aromatic rings. The number of amides is 1. The molecule has 0 N–H and O–H groups in total. The molecule has 0 saturated carbocycles. The smallest absolute Gasteiger partial charge is 0.235 e. The van der Waals surface area contributed by atoms with Crippen LogP contribution in [0.3, 0.4) is 0 Å². The summed E-state index contributed by atoms with van der Waals surface area (Å²) in [5, 5.41) is -0.222. The molecule has 0 bridgehead atoms. The molecule has 2 saturated heterocycles. The fourth-order valence-corrected chi connectivity index (χ4v) is 3.92. The Morgan fingerprint density at radius 3 is 2.76 bits per heavy atom. The van der Waals surface area contributed by atoms with E-state index in [4.69, 9.17) is 0 Å². The van der Waals surface area contributed by atoms with Crippen LogP contribution in [0.1, 0.15) is 24.8 Å². The quantitative estimate of drug-likeness (QED) is 0.866. The average Bonchev–Trinajstić information content (AvgIpc) is 2.84. The van der Waals surface area contributed by atoms with E-state index in [9.17, 15) is 4.79 Å². The molecule has 2 aliphatic rings. The Hall–Kier alpha value is -1.00. The molecular weight excluding hydrogens is 280 g/mol. The SMILES string of the molecule is O=C(C(S)Cc1ccccc1)N1CCCN2CCCC2C1. The van der Waals surface area contributed by atoms with E-state index in [0.29, 0.717) is 12.5 Å². The number of fused-ring (bicyclic) bond motifs is 1. The number of carbonyl (C=O) groups excluding carboxylic acids is 1. The zero-order valence-corrected chi connectivity index (χ0v) is 13.3. The highest BCUT2D eigenvalue weighted by Crippen LogP contribution is 2.22. The summed E-state index contributed by atoms with van der Waals surface area (Å²) in [6.07, 6.45) is 4.32. The summed E-state index contributed by atoms with van der Waals surface area (Å²) in [6.45, 7) is 4.13. The van der Waals surface area contributed by atoms with Crippen LogP contribution in [0.4, 0.5) is 0 Å². The van der Waals surface area contributed by atoms with Crippen LogP contribution in [-0.2, 0) is 11.2 Å². The number of hydrogen-bond acceptors (Lipinski definition) is 3. The van der Waals surface area contributed by atoms with E-state index in [-0.39, 0.29) is 11.2 Å². The molecule has 0 aromatic heterocycles. The first-order chi connectivity index (χ1) is 10.2. The topological polar surface area (TPSA) is 23.6 Å². The predicted molar refractivity (Wildman–Crippen MR) is 88.7 cm³/mol.